The summed E-state index contributed by atoms with van der Waals surface area (Å²) in [5.41, 5.74) is 2.34. The molecule has 2 heteroatoms. The van der Waals surface area contributed by atoms with Gasteiger partial charge in [0.25, 0.3) is 0 Å². The van der Waals surface area contributed by atoms with Crippen LogP contribution in [0.15, 0.2) is 78.5 Å². The molecule has 0 radical (unpaired) electrons. The zero-order chi connectivity index (χ0) is 17.9. The van der Waals surface area contributed by atoms with Gasteiger partial charge in [0.2, 0.25) is 0 Å². The number of fused-ring (bicyclic) bond motifs is 1. The predicted octanol–water partition coefficient (Wildman–Crippen LogP) is 3.43. The van der Waals surface area contributed by atoms with Crippen molar-refractivity contribution in [3.05, 3.63) is 89.0 Å². The van der Waals surface area contributed by atoms with Gasteiger partial charge in [-0.3, -0.25) is 0 Å². The van der Waals surface area contributed by atoms with Crippen molar-refractivity contribution in [2.45, 2.75) is 19.4 Å². The van der Waals surface area contributed by atoms with Gasteiger partial charge in [-0.2, -0.15) is 0 Å². The van der Waals surface area contributed by atoms with Gasteiger partial charge in [0.1, 0.15) is 6.29 Å². The standard InChI is InChI=1S/C24H23NO/c1-18-15-20-7-5-6-8-21(20)16-24(18)25(22-9-3-2-4-10-22)23-13-11-19(17-26)12-14-23/h2-11,13-19,24H,12H2,1H3. The zero-order valence-corrected chi connectivity index (χ0v) is 15.0. The highest BCUT2D eigenvalue weighted by Crippen LogP contribution is 2.30. The highest BCUT2D eigenvalue weighted by atomic mass is 16.1. The Kier molecular flexibility index (Phi) is 4.57. The lowest BCUT2D eigenvalue weighted by Gasteiger charge is -2.37. The van der Waals surface area contributed by atoms with Crippen LogP contribution in [0.1, 0.15) is 13.3 Å². The molecule has 0 saturated heterocycles. The van der Waals surface area contributed by atoms with Crippen LogP contribution in [0, 0.1) is 11.8 Å². The molecule has 4 rings (SSSR count). The molecule has 2 nitrogen and oxygen atoms in total. The van der Waals surface area contributed by atoms with Crippen molar-refractivity contribution in [1.29, 1.82) is 0 Å². The first-order valence-electron chi connectivity index (χ1n) is 9.23. The molecule has 2 aliphatic rings. The fraction of sp³-hybridized carbons (Fsp3) is 0.208. The van der Waals surface area contributed by atoms with E-state index in [1.165, 1.54) is 16.1 Å². The largest absolute Gasteiger partial charge is 0.334 e. The van der Waals surface area contributed by atoms with E-state index in [0.29, 0.717) is 5.92 Å². The van der Waals surface area contributed by atoms with E-state index in [1.807, 2.05) is 12.1 Å². The smallest absolute Gasteiger partial charge is 0.127 e. The van der Waals surface area contributed by atoms with E-state index in [2.05, 4.69) is 84.7 Å². The van der Waals surface area contributed by atoms with Crippen LogP contribution >= 0.6 is 0 Å². The number of hydrogen-bond donors (Lipinski definition) is 0. The zero-order valence-electron chi connectivity index (χ0n) is 15.0. The highest BCUT2D eigenvalue weighted by molar-refractivity contribution is 5.65. The molecule has 3 unspecified atom stereocenters. The molecule has 0 spiro atoms. The molecule has 0 aromatic heterocycles. The Labute approximate surface area is 154 Å². The average molecular weight is 341 g/mol. The number of nitrogens with zero attached hydrogens (tertiary/aromatic N) is 1. The molecule has 2 aliphatic carbocycles. The second-order valence-corrected chi connectivity index (χ2v) is 7.04. The van der Waals surface area contributed by atoms with Crippen molar-refractivity contribution in [3.63, 3.8) is 0 Å². The molecule has 2 aromatic carbocycles. The van der Waals surface area contributed by atoms with Crippen molar-refractivity contribution in [3.8, 4) is 0 Å². The molecule has 3 atom stereocenters. The van der Waals surface area contributed by atoms with Crippen molar-refractivity contribution in [2.24, 2.45) is 11.8 Å². The molecule has 26 heavy (non-hydrogen) atoms. The van der Waals surface area contributed by atoms with E-state index in [1.54, 1.807) is 0 Å². The fourth-order valence-electron chi connectivity index (χ4n) is 3.83. The third-order valence-electron chi connectivity index (χ3n) is 5.23. The quantitative estimate of drug-likeness (QED) is 0.794. The van der Waals surface area contributed by atoms with Gasteiger partial charge in [-0.25, -0.2) is 0 Å². The molecule has 0 heterocycles. The topological polar surface area (TPSA) is 20.3 Å². The fourth-order valence-corrected chi connectivity index (χ4v) is 3.83. The minimum atomic E-state index is -0.00331. The summed E-state index contributed by atoms with van der Waals surface area (Å²) in [6.07, 6.45) is 12.8. The van der Waals surface area contributed by atoms with E-state index in [9.17, 15) is 4.79 Å². The van der Waals surface area contributed by atoms with Crippen molar-refractivity contribution in [2.75, 3.05) is 4.90 Å². The summed E-state index contributed by atoms with van der Waals surface area (Å²) in [5, 5.41) is 2.58. The monoisotopic (exact) mass is 341 g/mol. The van der Waals surface area contributed by atoms with Crippen LogP contribution in [-0.4, -0.2) is 12.3 Å². The molecule has 0 bridgehead atoms. The maximum atomic E-state index is 11.1. The van der Waals surface area contributed by atoms with E-state index in [4.69, 9.17) is 0 Å². The second-order valence-electron chi connectivity index (χ2n) is 7.04. The number of hydrogen-bond acceptors (Lipinski definition) is 2. The highest BCUT2D eigenvalue weighted by Gasteiger charge is 2.26. The van der Waals surface area contributed by atoms with Crippen molar-refractivity contribution >= 4 is 24.1 Å². The molecule has 130 valence electrons. The lowest BCUT2D eigenvalue weighted by molar-refractivity contribution is -0.109. The summed E-state index contributed by atoms with van der Waals surface area (Å²) in [7, 11) is 0. The normalized spacial score (nSPS) is 23.9. The molecular weight excluding hydrogens is 318 g/mol. The van der Waals surface area contributed by atoms with Crippen LogP contribution in [0.25, 0.3) is 12.2 Å². The van der Waals surface area contributed by atoms with Crippen LogP contribution in [-0.2, 0) is 4.79 Å². The molecule has 0 saturated carbocycles. The number of benzene rings is 2. The van der Waals surface area contributed by atoms with Crippen LogP contribution < -0.4 is 15.3 Å². The molecule has 0 aliphatic heterocycles. The average Bonchev–Trinajstić information content (AvgIpc) is 2.70. The van der Waals surface area contributed by atoms with Gasteiger partial charge in [0.15, 0.2) is 0 Å². The van der Waals surface area contributed by atoms with Crippen LogP contribution in [0.4, 0.5) is 5.69 Å². The number of rotatable bonds is 4. The number of carbonyl (C=O) groups excluding carboxylic acids is 1. The van der Waals surface area contributed by atoms with E-state index >= 15 is 0 Å². The Morgan fingerprint density at radius 2 is 1.65 bits per heavy atom. The van der Waals surface area contributed by atoms with Crippen LogP contribution in [0.5, 0.6) is 0 Å². The number of allylic oxidation sites excluding steroid dienone is 3. The number of para-hydroxylation sites is 1. The summed E-state index contributed by atoms with van der Waals surface area (Å²) in [4.78, 5) is 13.5. The molecular formula is C24H23NO. The van der Waals surface area contributed by atoms with Gasteiger partial charge >= 0.3 is 0 Å². The van der Waals surface area contributed by atoms with E-state index in [-0.39, 0.29) is 12.0 Å². The van der Waals surface area contributed by atoms with Gasteiger partial charge in [-0.15, -0.1) is 0 Å². The third-order valence-corrected chi connectivity index (χ3v) is 5.23. The number of carbonyl (C=O) groups is 1. The third kappa shape index (κ3) is 3.15. The Morgan fingerprint density at radius 3 is 2.31 bits per heavy atom. The number of aldehydes is 1. The van der Waals surface area contributed by atoms with Gasteiger partial charge in [-0.05, 0) is 41.0 Å². The summed E-state index contributed by atoms with van der Waals surface area (Å²) >= 11 is 0. The minimum Gasteiger partial charge on any atom is -0.334 e. The first-order chi connectivity index (χ1) is 12.8. The van der Waals surface area contributed by atoms with Gasteiger partial charge in [0.05, 0.1) is 6.04 Å². The summed E-state index contributed by atoms with van der Waals surface area (Å²) < 4.78 is 0. The van der Waals surface area contributed by atoms with Gasteiger partial charge in [-0.1, -0.05) is 73.7 Å². The van der Waals surface area contributed by atoms with Crippen molar-refractivity contribution < 1.29 is 4.79 Å². The first-order valence-corrected chi connectivity index (χ1v) is 9.23. The summed E-state index contributed by atoms with van der Waals surface area (Å²) in [5.74, 6) is 0.375. The Morgan fingerprint density at radius 1 is 0.962 bits per heavy atom. The predicted molar refractivity (Wildman–Crippen MR) is 108 cm³/mol. The SMILES string of the molecule is CC1C=c2ccccc2=CC1N(C1=CCC(C=O)C=C1)c1ccccc1. The van der Waals surface area contributed by atoms with Crippen LogP contribution in [0.3, 0.4) is 0 Å². The lowest BCUT2D eigenvalue weighted by Crippen LogP contribution is -2.44. The molecule has 0 N–H and O–H groups in total. The lowest BCUT2D eigenvalue weighted by atomic mass is 9.90. The summed E-state index contributed by atoms with van der Waals surface area (Å²) in [6, 6.07) is 19.3. The van der Waals surface area contributed by atoms with E-state index in [0.717, 1.165) is 18.4 Å². The summed E-state index contributed by atoms with van der Waals surface area (Å²) in [6.45, 7) is 2.27. The molecule has 0 amide bonds. The van der Waals surface area contributed by atoms with Crippen molar-refractivity contribution in [1.82, 2.24) is 0 Å². The molecule has 2 aromatic rings. The maximum Gasteiger partial charge on any atom is 0.127 e. The van der Waals surface area contributed by atoms with Gasteiger partial charge < -0.3 is 9.69 Å². The van der Waals surface area contributed by atoms with Crippen LogP contribution in [0.2, 0.25) is 0 Å². The first kappa shape index (κ1) is 16.6. The maximum absolute atomic E-state index is 11.1. The van der Waals surface area contributed by atoms with E-state index < -0.39 is 0 Å². The Balaban J connectivity index is 1.80. The minimum absolute atomic E-state index is 0.00331. The second kappa shape index (κ2) is 7.17. The Hall–Kier alpha value is -2.87. The van der Waals surface area contributed by atoms with Gasteiger partial charge in [0, 0.05) is 17.3 Å². The Bertz CT molecular complexity index is 971. The number of anilines is 1. The molecule has 0 fully saturated rings.